The number of nitrogens with one attached hydrogen (secondary N) is 1. The molecule has 1 aliphatic heterocycles. The number of H-pyrrole nitrogens is 1. The highest BCUT2D eigenvalue weighted by atomic mass is 15.3. The number of aromatic nitrogens is 2. The van der Waals surface area contributed by atoms with Gasteiger partial charge in [0.1, 0.15) is 5.82 Å². The van der Waals surface area contributed by atoms with Gasteiger partial charge in [0.15, 0.2) is 0 Å². The molecule has 1 saturated heterocycles. The van der Waals surface area contributed by atoms with Crippen LogP contribution in [0.2, 0.25) is 0 Å². The Balaban J connectivity index is 1.46. The van der Waals surface area contributed by atoms with Crippen LogP contribution in [0.15, 0.2) is 36.7 Å². The minimum absolute atomic E-state index is 0.572. The fraction of sp³-hybridized carbons (Fsp3) is 0.571. The van der Waals surface area contributed by atoms with Crippen molar-refractivity contribution in [1.82, 2.24) is 14.9 Å². The summed E-state index contributed by atoms with van der Waals surface area (Å²) in [6.07, 6.45) is 10.6. The van der Waals surface area contributed by atoms with Gasteiger partial charge in [-0.25, -0.2) is 4.98 Å². The van der Waals surface area contributed by atoms with E-state index < -0.39 is 0 Å². The molecule has 1 aliphatic carbocycles. The van der Waals surface area contributed by atoms with Gasteiger partial charge in [0.25, 0.3) is 0 Å². The lowest BCUT2D eigenvalue weighted by molar-refractivity contribution is 0.150. The van der Waals surface area contributed by atoms with Gasteiger partial charge in [-0.15, -0.1) is 0 Å². The molecule has 2 unspecified atom stereocenters. The van der Waals surface area contributed by atoms with Crippen LogP contribution < -0.4 is 4.90 Å². The summed E-state index contributed by atoms with van der Waals surface area (Å²) in [6, 6.07) is 9.43. The largest absolute Gasteiger partial charge is 0.369 e. The van der Waals surface area contributed by atoms with Gasteiger partial charge in [-0.3, -0.25) is 4.90 Å². The van der Waals surface area contributed by atoms with E-state index in [1.807, 2.05) is 12.4 Å². The Morgan fingerprint density at radius 1 is 1.00 bits per heavy atom. The zero-order valence-corrected chi connectivity index (χ0v) is 15.3. The van der Waals surface area contributed by atoms with Gasteiger partial charge in [0, 0.05) is 56.2 Å². The molecule has 4 rings (SSSR count). The van der Waals surface area contributed by atoms with E-state index in [-0.39, 0.29) is 0 Å². The van der Waals surface area contributed by atoms with Gasteiger partial charge in [-0.2, -0.15) is 0 Å². The van der Waals surface area contributed by atoms with E-state index in [2.05, 4.69) is 51.0 Å². The molecule has 1 aromatic carbocycles. The normalized spacial score (nSPS) is 25.7. The van der Waals surface area contributed by atoms with Crippen molar-refractivity contribution in [3.8, 4) is 0 Å². The molecule has 0 spiro atoms. The molecule has 0 radical (unpaired) electrons. The molecule has 2 heterocycles. The first-order chi connectivity index (χ1) is 12.3. The van der Waals surface area contributed by atoms with E-state index in [9.17, 15) is 0 Å². The second-order valence-electron chi connectivity index (χ2n) is 7.60. The summed E-state index contributed by atoms with van der Waals surface area (Å²) in [5, 5.41) is 0. The molecule has 2 atom stereocenters. The Bertz CT molecular complexity index is 658. The number of para-hydroxylation sites is 1. The average molecular weight is 338 g/mol. The lowest BCUT2D eigenvalue weighted by Crippen LogP contribution is -2.52. The van der Waals surface area contributed by atoms with Gasteiger partial charge in [0.2, 0.25) is 0 Å². The van der Waals surface area contributed by atoms with Gasteiger partial charge in [0.05, 0.1) is 0 Å². The first kappa shape index (κ1) is 16.6. The van der Waals surface area contributed by atoms with E-state index >= 15 is 0 Å². The molecule has 1 aromatic heterocycles. The number of imidazole rings is 1. The minimum Gasteiger partial charge on any atom is -0.369 e. The van der Waals surface area contributed by atoms with Crippen molar-refractivity contribution >= 4 is 5.69 Å². The number of benzene rings is 1. The quantitative estimate of drug-likeness (QED) is 0.861. The molecule has 4 heteroatoms. The zero-order valence-electron chi connectivity index (χ0n) is 15.3. The lowest BCUT2D eigenvalue weighted by atomic mass is 9.92. The topological polar surface area (TPSA) is 35.2 Å². The third-order valence-electron chi connectivity index (χ3n) is 6.09. The molecular formula is C21H30N4. The van der Waals surface area contributed by atoms with Crippen molar-refractivity contribution in [3.63, 3.8) is 0 Å². The van der Waals surface area contributed by atoms with Crippen LogP contribution >= 0.6 is 0 Å². The number of nitrogens with zero attached hydrogens (tertiary/aromatic N) is 3. The average Bonchev–Trinajstić information content (AvgIpc) is 3.07. The molecule has 2 fully saturated rings. The SMILES string of the molecule is Cc1ccccc1N1CCN(C2CCCCCC2c2ncc[nH]2)CC1. The van der Waals surface area contributed by atoms with Gasteiger partial charge < -0.3 is 9.88 Å². The second-order valence-corrected chi connectivity index (χ2v) is 7.60. The summed E-state index contributed by atoms with van der Waals surface area (Å²) < 4.78 is 0. The van der Waals surface area contributed by atoms with E-state index in [0.717, 1.165) is 26.2 Å². The van der Waals surface area contributed by atoms with Crippen LogP contribution in [0.3, 0.4) is 0 Å². The molecule has 134 valence electrons. The summed E-state index contributed by atoms with van der Waals surface area (Å²) in [4.78, 5) is 13.3. The fourth-order valence-corrected chi connectivity index (χ4v) is 4.74. The molecular weight excluding hydrogens is 308 g/mol. The van der Waals surface area contributed by atoms with E-state index in [1.165, 1.54) is 49.2 Å². The maximum atomic E-state index is 4.61. The number of rotatable bonds is 3. The summed E-state index contributed by atoms with van der Waals surface area (Å²) in [6.45, 7) is 6.81. The Hall–Kier alpha value is -1.81. The monoisotopic (exact) mass is 338 g/mol. The molecule has 0 amide bonds. The molecule has 2 aromatic rings. The molecule has 0 bridgehead atoms. The van der Waals surface area contributed by atoms with E-state index in [4.69, 9.17) is 0 Å². The van der Waals surface area contributed by atoms with Crippen molar-refractivity contribution in [2.24, 2.45) is 0 Å². The predicted molar refractivity (Wildman–Crippen MR) is 103 cm³/mol. The first-order valence-electron chi connectivity index (χ1n) is 9.87. The summed E-state index contributed by atoms with van der Waals surface area (Å²) in [5.74, 6) is 1.77. The van der Waals surface area contributed by atoms with Gasteiger partial charge in [-0.1, -0.05) is 37.5 Å². The molecule has 4 nitrogen and oxygen atoms in total. The van der Waals surface area contributed by atoms with Crippen molar-refractivity contribution in [1.29, 1.82) is 0 Å². The maximum Gasteiger partial charge on any atom is 0.110 e. The van der Waals surface area contributed by atoms with Crippen LogP contribution in [-0.4, -0.2) is 47.1 Å². The molecule has 1 saturated carbocycles. The van der Waals surface area contributed by atoms with Gasteiger partial charge >= 0.3 is 0 Å². The van der Waals surface area contributed by atoms with Crippen molar-refractivity contribution in [2.45, 2.75) is 51.0 Å². The smallest absolute Gasteiger partial charge is 0.110 e. The summed E-state index contributed by atoms with van der Waals surface area (Å²) in [5.41, 5.74) is 2.80. The lowest BCUT2D eigenvalue weighted by Gasteiger charge is -2.42. The molecule has 1 N–H and O–H groups in total. The third-order valence-corrected chi connectivity index (χ3v) is 6.09. The van der Waals surface area contributed by atoms with Crippen LogP contribution in [0.4, 0.5) is 5.69 Å². The Kier molecular flexibility index (Phi) is 5.07. The number of anilines is 1. The molecule has 2 aliphatic rings. The Morgan fingerprint density at radius 2 is 1.80 bits per heavy atom. The Labute approximate surface area is 151 Å². The van der Waals surface area contributed by atoms with Gasteiger partial charge in [-0.05, 0) is 31.4 Å². The van der Waals surface area contributed by atoms with E-state index in [0.29, 0.717) is 12.0 Å². The van der Waals surface area contributed by atoms with Crippen LogP contribution in [0.5, 0.6) is 0 Å². The fourth-order valence-electron chi connectivity index (χ4n) is 4.74. The first-order valence-corrected chi connectivity index (χ1v) is 9.87. The highest BCUT2D eigenvalue weighted by molar-refractivity contribution is 5.53. The summed E-state index contributed by atoms with van der Waals surface area (Å²) >= 11 is 0. The van der Waals surface area contributed by atoms with Crippen LogP contribution in [-0.2, 0) is 0 Å². The third kappa shape index (κ3) is 3.59. The number of piperazine rings is 1. The number of aromatic amines is 1. The highest BCUT2D eigenvalue weighted by Crippen LogP contribution is 2.34. The molecule has 25 heavy (non-hydrogen) atoms. The minimum atomic E-state index is 0.572. The second kappa shape index (κ2) is 7.61. The number of aryl methyl sites for hydroxylation is 1. The zero-order chi connectivity index (χ0) is 17.1. The number of hydrogen-bond acceptors (Lipinski definition) is 3. The highest BCUT2D eigenvalue weighted by Gasteiger charge is 2.33. The van der Waals surface area contributed by atoms with Crippen molar-refractivity contribution in [3.05, 3.63) is 48.0 Å². The summed E-state index contributed by atoms with van der Waals surface area (Å²) in [7, 11) is 0. The van der Waals surface area contributed by atoms with E-state index in [1.54, 1.807) is 0 Å². The predicted octanol–water partition coefficient (Wildman–Crippen LogP) is 3.96. The van der Waals surface area contributed by atoms with Crippen LogP contribution in [0.25, 0.3) is 0 Å². The van der Waals surface area contributed by atoms with Crippen LogP contribution in [0.1, 0.15) is 49.4 Å². The van der Waals surface area contributed by atoms with Crippen molar-refractivity contribution < 1.29 is 0 Å². The number of hydrogen-bond donors (Lipinski definition) is 1. The van der Waals surface area contributed by atoms with Crippen molar-refractivity contribution in [2.75, 3.05) is 31.1 Å². The van der Waals surface area contributed by atoms with Crippen LogP contribution in [0, 0.1) is 6.92 Å². The Morgan fingerprint density at radius 3 is 2.56 bits per heavy atom. The maximum absolute atomic E-state index is 4.61. The standard InChI is InChI=1S/C21H30N4/c1-17-7-5-6-9-19(17)24-13-15-25(16-14-24)20-10-4-2-3-8-18(20)21-22-11-12-23-21/h5-7,9,11-12,18,20H,2-4,8,10,13-16H2,1H3,(H,22,23).